The van der Waals surface area contributed by atoms with Gasteiger partial charge in [0.2, 0.25) is 5.76 Å². The molecule has 1 aliphatic rings. The molecule has 0 bridgehead atoms. The maximum absolute atomic E-state index is 13.3. The van der Waals surface area contributed by atoms with Crippen LogP contribution in [0.4, 0.5) is 0 Å². The summed E-state index contributed by atoms with van der Waals surface area (Å²) >= 11 is 1.57. The lowest BCUT2D eigenvalue weighted by atomic mass is 10.0. The van der Waals surface area contributed by atoms with Crippen LogP contribution in [0.1, 0.15) is 39.0 Å². The summed E-state index contributed by atoms with van der Waals surface area (Å²) in [6, 6.07) is 9.10. The molecule has 4 rings (SSSR count). The van der Waals surface area contributed by atoms with Gasteiger partial charge in [-0.3, -0.25) is 9.59 Å². The molecule has 1 N–H and O–H groups in total. The van der Waals surface area contributed by atoms with Crippen LogP contribution in [0, 0.1) is 6.92 Å². The SMILES string of the molecule is Cc1ccc2oc3c(c(=O)c2c1)[C@H](c1cccs1)N(CCC[NH+](C)C)C3=O. The summed E-state index contributed by atoms with van der Waals surface area (Å²) in [5.41, 5.74) is 1.86. The largest absolute Gasteiger partial charge is 0.450 e. The fraction of sp³-hybridized carbons (Fsp3) is 0.333. The Bertz CT molecular complexity index is 1050. The van der Waals surface area contributed by atoms with E-state index in [2.05, 4.69) is 14.1 Å². The molecule has 3 heterocycles. The van der Waals surface area contributed by atoms with Gasteiger partial charge in [-0.2, -0.15) is 0 Å². The van der Waals surface area contributed by atoms with Gasteiger partial charge in [-0.1, -0.05) is 17.7 Å². The molecule has 0 aliphatic carbocycles. The van der Waals surface area contributed by atoms with Crippen LogP contribution in [0.3, 0.4) is 0 Å². The first kappa shape index (κ1) is 17.9. The summed E-state index contributed by atoms with van der Waals surface area (Å²) in [5.74, 6) is 0.0173. The minimum atomic E-state index is -0.356. The van der Waals surface area contributed by atoms with Gasteiger partial charge >= 0.3 is 0 Å². The summed E-state index contributed by atoms with van der Waals surface area (Å²) in [5, 5.41) is 2.52. The first-order chi connectivity index (χ1) is 13.0. The number of hydrogen-bond acceptors (Lipinski definition) is 4. The lowest BCUT2D eigenvalue weighted by molar-refractivity contribution is -0.858. The second-order valence-corrected chi connectivity index (χ2v) is 8.38. The van der Waals surface area contributed by atoms with Crippen molar-refractivity contribution in [1.82, 2.24) is 4.90 Å². The van der Waals surface area contributed by atoms with E-state index in [1.807, 2.05) is 36.6 Å². The number of amides is 1. The number of fused-ring (bicyclic) bond motifs is 2. The van der Waals surface area contributed by atoms with Gasteiger partial charge in [0.1, 0.15) is 5.58 Å². The van der Waals surface area contributed by atoms with E-state index in [1.165, 1.54) is 4.90 Å². The van der Waals surface area contributed by atoms with E-state index < -0.39 is 0 Å². The number of benzene rings is 1. The maximum atomic E-state index is 13.3. The van der Waals surface area contributed by atoms with Crippen LogP contribution in [-0.2, 0) is 0 Å². The zero-order valence-corrected chi connectivity index (χ0v) is 16.6. The van der Waals surface area contributed by atoms with E-state index in [9.17, 15) is 9.59 Å². The third-order valence-electron chi connectivity index (χ3n) is 5.01. The predicted molar refractivity (Wildman–Crippen MR) is 107 cm³/mol. The highest BCUT2D eigenvalue weighted by atomic mass is 32.1. The third-order valence-corrected chi connectivity index (χ3v) is 5.93. The number of nitrogens with zero attached hydrogens (tertiary/aromatic N) is 1. The van der Waals surface area contributed by atoms with Crippen LogP contribution >= 0.6 is 11.3 Å². The molecule has 5 nitrogen and oxygen atoms in total. The molecule has 0 spiro atoms. The smallest absolute Gasteiger partial charge is 0.290 e. The van der Waals surface area contributed by atoms with Gasteiger partial charge < -0.3 is 14.2 Å². The predicted octanol–water partition coefficient (Wildman–Crippen LogP) is 2.24. The minimum absolute atomic E-state index is 0.0950. The van der Waals surface area contributed by atoms with Gasteiger partial charge in [0.15, 0.2) is 5.43 Å². The highest BCUT2D eigenvalue weighted by molar-refractivity contribution is 7.10. The van der Waals surface area contributed by atoms with Gasteiger partial charge in [0, 0.05) is 17.8 Å². The van der Waals surface area contributed by atoms with Crippen molar-refractivity contribution in [1.29, 1.82) is 0 Å². The maximum Gasteiger partial charge on any atom is 0.290 e. The van der Waals surface area contributed by atoms with Crippen LogP contribution in [0.5, 0.6) is 0 Å². The van der Waals surface area contributed by atoms with Gasteiger partial charge in [-0.05, 0) is 30.5 Å². The average Bonchev–Trinajstić information content (AvgIpc) is 3.24. The van der Waals surface area contributed by atoms with Crippen LogP contribution in [0.25, 0.3) is 11.0 Å². The topological polar surface area (TPSA) is 55.0 Å². The number of carbonyl (C=O) groups excluding carboxylic acids is 1. The van der Waals surface area contributed by atoms with Crippen molar-refractivity contribution >= 4 is 28.2 Å². The molecule has 140 valence electrons. The quantitative estimate of drug-likeness (QED) is 0.735. The van der Waals surface area contributed by atoms with Crippen LogP contribution in [-0.4, -0.2) is 38.0 Å². The van der Waals surface area contributed by atoms with Gasteiger partial charge in [-0.15, -0.1) is 11.3 Å². The Kier molecular flexibility index (Phi) is 4.61. The van der Waals surface area contributed by atoms with Gasteiger partial charge in [0.05, 0.1) is 37.6 Å². The fourth-order valence-corrected chi connectivity index (χ4v) is 4.56. The summed E-state index contributed by atoms with van der Waals surface area (Å²) in [7, 11) is 4.19. The lowest BCUT2D eigenvalue weighted by Crippen LogP contribution is -3.05. The lowest BCUT2D eigenvalue weighted by Gasteiger charge is -2.24. The highest BCUT2D eigenvalue weighted by Gasteiger charge is 2.42. The molecule has 3 aromatic rings. The summed E-state index contributed by atoms with van der Waals surface area (Å²) in [6.45, 7) is 3.51. The van der Waals surface area contributed by atoms with Crippen molar-refractivity contribution < 1.29 is 14.1 Å². The van der Waals surface area contributed by atoms with Crippen molar-refractivity contribution in [3.8, 4) is 0 Å². The zero-order valence-electron chi connectivity index (χ0n) is 15.7. The molecule has 2 aromatic heterocycles. The first-order valence-corrected chi connectivity index (χ1v) is 10.1. The van der Waals surface area contributed by atoms with Crippen LogP contribution < -0.4 is 10.3 Å². The summed E-state index contributed by atoms with van der Waals surface area (Å²) in [6.07, 6.45) is 0.872. The van der Waals surface area contributed by atoms with Crippen molar-refractivity contribution in [3.05, 3.63) is 67.7 Å². The van der Waals surface area contributed by atoms with Crippen molar-refractivity contribution in [2.75, 3.05) is 27.2 Å². The molecule has 0 radical (unpaired) electrons. The second-order valence-electron chi connectivity index (χ2n) is 7.40. The van der Waals surface area contributed by atoms with Crippen molar-refractivity contribution in [3.63, 3.8) is 0 Å². The van der Waals surface area contributed by atoms with Crippen LogP contribution in [0.15, 0.2) is 44.9 Å². The number of nitrogens with one attached hydrogen (secondary N) is 1. The Labute approximate surface area is 161 Å². The molecule has 27 heavy (non-hydrogen) atoms. The Morgan fingerprint density at radius 3 is 2.74 bits per heavy atom. The molecule has 1 aromatic carbocycles. The first-order valence-electron chi connectivity index (χ1n) is 9.18. The number of thiophene rings is 1. The minimum Gasteiger partial charge on any atom is -0.450 e. The Morgan fingerprint density at radius 2 is 2.04 bits per heavy atom. The second kappa shape index (κ2) is 6.94. The number of aryl methyl sites for hydroxylation is 1. The van der Waals surface area contributed by atoms with Crippen molar-refractivity contribution in [2.45, 2.75) is 19.4 Å². The monoisotopic (exact) mass is 383 g/mol. The number of quaternary nitrogens is 1. The Hall–Kier alpha value is -2.44. The molecule has 1 amide bonds. The number of carbonyl (C=O) groups is 1. The average molecular weight is 383 g/mol. The zero-order chi connectivity index (χ0) is 19.1. The fourth-order valence-electron chi connectivity index (χ4n) is 3.71. The molecule has 1 aliphatic heterocycles. The van der Waals surface area contributed by atoms with E-state index in [0.29, 0.717) is 23.1 Å². The molecule has 0 fully saturated rings. The van der Waals surface area contributed by atoms with Gasteiger partial charge in [-0.25, -0.2) is 0 Å². The normalized spacial score (nSPS) is 16.5. The molecule has 0 unspecified atom stereocenters. The molecular formula is C21H23N2O3S+. The Balaban J connectivity index is 1.86. The summed E-state index contributed by atoms with van der Waals surface area (Å²) < 4.78 is 5.95. The van der Waals surface area contributed by atoms with Gasteiger partial charge in [0.25, 0.3) is 5.91 Å². The number of rotatable bonds is 5. The standard InChI is InChI=1S/C21H22N2O3S/c1-13-7-8-15-14(12-13)19(24)17-18(16-6-4-11-27-16)23(10-5-9-22(2)3)21(25)20(17)26-15/h4,6-8,11-12,18H,5,9-10H2,1-3H3/p+1/t18-/m0/s1. The molecule has 0 saturated carbocycles. The van der Waals surface area contributed by atoms with Crippen LogP contribution in [0.2, 0.25) is 0 Å². The number of hydrogen-bond donors (Lipinski definition) is 1. The molecule has 0 saturated heterocycles. The van der Waals surface area contributed by atoms with E-state index in [-0.39, 0.29) is 23.1 Å². The van der Waals surface area contributed by atoms with E-state index >= 15 is 0 Å². The third kappa shape index (κ3) is 3.09. The van der Waals surface area contributed by atoms with E-state index in [0.717, 1.165) is 23.4 Å². The summed E-state index contributed by atoms with van der Waals surface area (Å²) in [4.78, 5) is 30.6. The molecule has 6 heteroatoms. The van der Waals surface area contributed by atoms with E-state index in [4.69, 9.17) is 4.42 Å². The molecule has 1 atom stereocenters. The Morgan fingerprint density at radius 1 is 1.22 bits per heavy atom. The highest BCUT2D eigenvalue weighted by Crippen LogP contribution is 2.39. The molecular weight excluding hydrogens is 360 g/mol. The van der Waals surface area contributed by atoms with E-state index in [1.54, 1.807) is 22.3 Å². The van der Waals surface area contributed by atoms with Crippen molar-refractivity contribution in [2.24, 2.45) is 0 Å².